The van der Waals surface area contributed by atoms with Gasteiger partial charge in [0.1, 0.15) is 0 Å². The van der Waals surface area contributed by atoms with Crippen molar-refractivity contribution in [3.63, 3.8) is 0 Å². The van der Waals surface area contributed by atoms with Gasteiger partial charge in [-0.15, -0.1) is 11.1 Å². The van der Waals surface area contributed by atoms with E-state index in [9.17, 15) is 4.39 Å². The molecule has 1 rings (SSSR count). The number of halogens is 2. The topological polar surface area (TPSA) is 0 Å². The van der Waals surface area contributed by atoms with Crippen LogP contribution in [0.25, 0.3) is 0 Å². The maximum atomic E-state index is 12.9. The van der Waals surface area contributed by atoms with E-state index in [4.69, 9.17) is 11.6 Å². The summed E-state index contributed by atoms with van der Waals surface area (Å²) in [5, 5.41) is 0.433. The molecule has 0 bridgehead atoms. The second-order valence-corrected chi connectivity index (χ2v) is 2.61. The van der Waals surface area contributed by atoms with Crippen LogP contribution in [-0.2, 0) is 32.7 Å². The Bertz CT molecular complexity index is 234. The van der Waals surface area contributed by atoms with Gasteiger partial charge in [-0.05, 0) is 0 Å². The molecule has 0 unspecified atom stereocenters. The molecule has 0 fully saturated rings. The summed E-state index contributed by atoms with van der Waals surface area (Å²) in [5.41, 5.74) is 1.01. The van der Waals surface area contributed by atoms with Crippen LogP contribution in [0.5, 0.6) is 0 Å². The Labute approximate surface area is 96.0 Å². The Morgan fingerprint density at radius 3 is 2.45 bits per heavy atom. The van der Waals surface area contributed by atoms with Crippen LogP contribution >= 0.6 is 11.6 Å². The number of rotatable bonds is 0. The number of hydrogen-bond acceptors (Lipinski definition) is 0. The molecule has 0 amide bonds. The Hall–Kier alpha value is 0.544. The van der Waals surface area contributed by atoms with Crippen LogP contribution in [0.4, 0.5) is 4.39 Å². The monoisotopic (exact) mass is 246 g/mol. The van der Waals surface area contributed by atoms with Crippen molar-refractivity contribution >= 4 is 11.6 Å². The molecule has 1 aromatic rings. The van der Waals surface area contributed by atoms with E-state index in [-0.39, 0.29) is 38.5 Å². The zero-order chi connectivity index (χ0) is 7.72. The molecule has 0 atom stereocenters. The molecule has 0 nitrogen and oxygen atoms in total. The van der Waals surface area contributed by atoms with Crippen molar-refractivity contribution in [3.8, 4) is 0 Å². The molecule has 0 aromatic heterocycles. The Morgan fingerprint density at radius 2 is 2.00 bits per heavy atom. The maximum absolute atomic E-state index is 12.9. The number of benzene rings is 1. The summed E-state index contributed by atoms with van der Waals surface area (Å²) in [6, 6.07) is 4.28. The fraction of sp³-hybridized carbons (Fsp3) is 0.250. The minimum Gasteiger partial charge on any atom is -0.284 e. The normalized spacial score (nSPS) is 9.09. The van der Waals surface area contributed by atoms with E-state index in [1.807, 2.05) is 0 Å². The average Bonchev–Trinajstić information content (AvgIpc) is 1.93. The van der Waals surface area contributed by atoms with E-state index in [2.05, 4.69) is 6.07 Å². The fourth-order valence-corrected chi connectivity index (χ4v) is 0.867. The quantitative estimate of drug-likeness (QED) is 0.618. The molecule has 11 heavy (non-hydrogen) atoms. The standard InChI is InChI=1S/C8H7ClF.Y/c1-5-3-4-7(9)6(2)8(5)10;/h4H,1-2H3;/q-1;. The summed E-state index contributed by atoms with van der Waals surface area (Å²) in [7, 11) is 0. The SMILES string of the molecule is Cc1[c-]cc(Cl)c(C)c1F.[Y]. The van der Waals surface area contributed by atoms with E-state index < -0.39 is 0 Å². The van der Waals surface area contributed by atoms with Gasteiger partial charge in [0.25, 0.3) is 0 Å². The molecule has 0 aliphatic heterocycles. The van der Waals surface area contributed by atoms with Crippen LogP contribution in [0.2, 0.25) is 5.02 Å². The zero-order valence-corrected chi connectivity index (χ0v) is 10.0. The van der Waals surface area contributed by atoms with Gasteiger partial charge in [0.05, 0.1) is 0 Å². The third-order valence-electron chi connectivity index (χ3n) is 1.43. The van der Waals surface area contributed by atoms with Crippen LogP contribution in [0.15, 0.2) is 6.07 Å². The van der Waals surface area contributed by atoms with Crippen molar-refractivity contribution in [1.82, 2.24) is 0 Å². The van der Waals surface area contributed by atoms with Crippen LogP contribution in [0, 0.1) is 25.7 Å². The summed E-state index contributed by atoms with van der Waals surface area (Å²) >= 11 is 5.61. The molecule has 0 heterocycles. The fourth-order valence-electron chi connectivity index (χ4n) is 0.729. The van der Waals surface area contributed by atoms with Gasteiger partial charge in [0.15, 0.2) is 0 Å². The van der Waals surface area contributed by atoms with Crippen LogP contribution in [0.3, 0.4) is 0 Å². The molecule has 0 aliphatic carbocycles. The first-order chi connectivity index (χ1) is 4.63. The first-order valence-corrected chi connectivity index (χ1v) is 3.33. The molecule has 1 aromatic carbocycles. The van der Waals surface area contributed by atoms with Gasteiger partial charge in [0, 0.05) is 38.5 Å². The summed E-state index contributed by atoms with van der Waals surface area (Å²) in [5.74, 6) is -0.257. The van der Waals surface area contributed by atoms with E-state index >= 15 is 0 Å². The Morgan fingerprint density at radius 1 is 1.45 bits per heavy atom. The van der Waals surface area contributed by atoms with Gasteiger partial charge >= 0.3 is 0 Å². The Balaban J connectivity index is 0.000001000. The van der Waals surface area contributed by atoms with Crippen LogP contribution in [-0.4, -0.2) is 0 Å². The van der Waals surface area contributed by atoms with E-state index in [1.54, 1.807) is 19.9 Å². The molecular weight excluding hydrogens is 239 g/mol. The van der Waals surface area contributed by atoms with Gasteiger partial charge in [-0.25, -0.2) is 0 Å². The predicted molar refractivity (Wildman–Crippen MR) is 39.7 cm³/mol. The van der Waals surface area contributed by atoms with Crippen LogP contribution in [0.1, 0.15) is 11.1 Å². The van der Waals surface area contributed by atoms with Crippen molar-refractivity contribution in [2.45, 2.75) is 13.8 Å². The third-order valence-corrected chi connectivity index (χ3v) is 1.82. The van der Waals surface area contributed by atoms with Gasteiger partial charge in [-0.2, -0.15) is 23.7 Å². The summed E-state index contributed by atoms with van der Waals surface area (Å²) in [4.78, 5) is 0. The summed E-state index contributed by atoms with van der Waals surface area (Å²) in [6.45, 7) is 3.32. The molecule has 3 heteroatoms. The first kappa shape index (κ1) is 11.5. The van der Waals surface area contributed by atoms with Crippen LogP contribution < -0.4 is 0 Å². The molecular formula is C8H7ClFY-. The largest absolute Gasteiger partial charge is 0.284 e. The molecule has 0 N–H and O–H groups in total. The van der Waals surface area contributed by atoms with Crippen molar-refractivity contribution in [1.29, 1.82) is 0 Å². The number of hydrogen-bond donors (Lipinski definition) is 0. The van der Waals surface area contributed by atoms with E-state index in [0.29, 0.717) is 16.1 Å². The summed E-state index contributed by atoms with van der Waals surface area (Å²) in [6.07, 6.45) is 0. The van der Waals surface area contributed by atoms with Crippen molar-refractivity contribution < 1.29 is 37.1 Å². The average molecular weight is 247 g/mol. The molecule has 0 aliphatic rings. The second kappa shape index (κ2) is 4.54. The number of aryl methyl sites for hydroxylation is 1. The molecule has 0 saturated carbocycles. The zero-order valence-electron chi connectivity index (χ0n) is 6.41. The van der Waals surface area contributed by atoms with E-state index in [0.717, 1.165) is 0 Å². The van der Waals surface area contributed by atoms with Crippen molar-refractivity contribution in [2.24, 2.45) is 0 Å². The third kappa shape index (κ3) is 2.50. The minimum atomic E-state index is -0.257. The minimum absolute atomic E-state index is 0. The van der Waals surface area contributed by atoms with Crippen molar-refractivity contribution in [3.05, 3.63) is 34.1 Å². The Kier molecular flexibility index (Phi) is 4.76. The van der Waals surface area contributed by atoms with Gasteiger partial charge in [-0.1, -0.05) is 18.9 Å². The first-order valence-electron chi connectivity index (χ1n) is 2.96. The van der Waals surface area contributed by atoms with Gasteiger partial charge < -0.3 is 0 Å². The molecule has 1 radical (unpaired) electrons. The smallest absolute Gasteiger partial charge is 0.0159 e. The molecule has 0 saturated heterocycles. The van der Waals surface area contributed by atoms with E-state index in [1.165, 1.54) is 0 Å². The molecule has 57 valence electrons. The molecule has 0 spiro atoms. The maximum Gasteiger partial charge on any atom is 0.0159 e. The summed E-state index contributed by atoms with van der Waals surface area (Å²) < 4.78 is 12.9. The van der Waals surface area contributed by atoms with Gasteiger partial charge in [0.2, 0.25) is 0 Å². The predicted octanol–water partition coefficient (Wildman–Crippen LogP) is 2.89. The van der Waals surface area contributed by atoms with Crippen molar-refractivity contribution in [2.75, 3.05) is 0 Å². The second-order valence-electron chi connectivity index (χ2n) is 2.20. The van der Waals surface area contributed by atoms with Gasteiger partial charge in [-0.3, -0.25) is 4.39 Å².